The van der Waals surface area contributed by atoms with E-state index in [-0.39, 0.29) is 18.3 Å². The summed E-state index contributed by atoms with van der Waals surface area (Å²) in [5.41, 5.74) is 0.471. The second-order valence-electron chi connectivity index (χ2n) is 6.50. The van der Waals surface area contributed by atoms with Gasteiger partial charge in [-0.25, -0.2) is 0 Å². The number of ether oxygens (including phenoxy) is 1. The fourth-order valence-corrected chi connectivity index (χ4v) is 4.29. The van der Waals surface area contributed by atoms with Crippen molar-refractivity contribution < 1.29 is 9.53 Å². The molecule has 4 nitrogen and oxygen atoms in total. The number of nitrogens with one attached hydrogen (secondary N) is 1. The van der Waals surface area contributed by atoms with Crippen molar-refractivity contribution in [1.82, 2.24) is 10.2 Å². The van der Waals surface area contributed by atoms with E-state index >= 15 is 0 Å². The van der Waals surface area contributed by atoms with E-state index in [0.29, 0.717) is 17.8 Å². The lowest BCUT2D eigenvalue weighted by Crippen LogP contribution is -2.44. The van der Waals surface area contributed by atoms with E-state index in [1.807, 2.05) is 36.1 Å². The van der Waals surface area contributed by atoms with Gasteiger partial charge < -0.3 is 15.0 Å². The van der Waals surface area contributed by atoms with Crippen LogP contribution in [0.15, 0.2) is 29.2 Å². The molecule has 0 atom stereocenters. The second kappa shape index (κ2) is 8.97. The molecule has 2 saturated heterocycles. The maximum absolute atomic E-state index is 12.4. The lowest BCUT2D eigenvalue weighted by Gasteiger charge is -2.38. The summed E-state index contributed by atoms with van der Waals surface area (Å²) < 4.78 is 5.44. The number of hydrogen-bond donors (Lipinski definition) is 1. The van der Waals surface area contributed by atoms with Gasteiger partial charge in [-0.1, -0.05) is 0 Å². The Labute approximate surface area is 155 Å². The normalized spacial score (nSPS) is 19.1. The molecule has 6 heteroatoms. The highest BCUT2D eigenvalue weighted by molar-refractivity contribution is 8.00. The van der Waals surface area contributed by atoms with Gasteiger partial charge in [0.2, 0.25) is 5.91 Å². The number of nitrogens with zero attached hydrogens (tertiary/aromatic N) is 1. The number of piperidine rings is 1. The average molecular weight is 371 g/mol. The van der Waals surface area contributed by atoms with Gasteiger partial charge in [-0.2, -0.15) is 0 Å². The van der Waals surface area contributed by atoms with Gasteiger partial charge in [0.25, 0.3) is 0 Å². The molecule has 0 unspecified atom stereocenters. The number of carbonyl (C=O) groups excluding carboxylic acids is 1. The van der Waals surface area contributed by atoms with Crippen LogP contribution in [0.1, 0.15) is 26.2 Å². The molecule has 2 aliphatic rings. The summed E-state index contributed by atoms with van der Waals surface area (Å²) in [6.07, 6.45) is 3.58. The minimum absolute atomic E-state index is 0. The third kappa shape index (κ3) is 4.80. The zero-order valence-corrected chi connectivity index (χ0v) is 15.9. The second-order valence-corrected chi connectivity index (χ2v) is 7.55. The number of likely N-dealkylation sites (tertiary alicyclic amines) is 1. The van der Waals surface area contributed by atoms with Gasteiger partial charge >= 0.3 is 0 Å². The molecule has 1 N–H and O–H groups in total. The first-order chi connectivity index (χ1) is 11.2. The highest BCUT2D eigenvalue weighted by atomic mass is 35.5. The van der Waals surface area contributed by atoms with Crippen molar-refractivity contribution in [2.75, 3.05) is 38.5 Å². The van der Waals surface area contributed by atoms with Crippen molar-refractivity contribution in [3.63, 3.8) is 0 Å². The Morgan fingerprint density at radius 3 is 2.54 bits per heavy atom. The monoisotopic (exact) mass is 370 g/mol. The molecule has 0 aromatic heterocycles. The summed E-state index contributed by atoms with van der Waals surface area (Å²) in [5, 5.41) is 3.47. The molecule has 24 heavy (non-hydrogen) atoms. The van der Waals surface area contributed by atoms with Crippen LogP contribution in [0.25, 0.3) is 0 Å². The van der Waals surface area contributed by atoms with Crippen molar-refractivity contribution >= 4 is 30.1 Å². The largest absolute Gasteiger partial charge is 0.494 e. The van der Waals surface area contributed by atoms with Crippen LogP contribution in [0.4, 0.5) is 0 Å². The maximum atomic E-state index is 12.4. The van der Waals surface area contributed by atoms with E-state index in [2.05, 4.69) is 5.32 Å². The molecule has 1 amide bonds. The molecule has 1 aromatic carbocycles. The molecule has 2 aliphatic heterocycles. The first-order valence-electron chi connectivity index (χ1n) is 8.55. The van der Waals surface area contributed by atoms with Gasteiger partial charge in [0, 0.05) is 24.5 Å². The number of hydrogen-bond acceptors (Lipinski definition) is 4. The Balaban J connectivity index is 0.00000208. The lowest BCUT2D eigenvalue weighted by atomic mass is 9.78. The third-order valence-electron chi connectivity index (χ3n) is 5.01. The first-order valence-corrected chi connectivity index (χ1v) is 9.53. The lowest BCUT2D eigenvalue weighted by molar-refractivity contribution is -0.130. The standard InChI is InChI=1S/C18H26N2O2S.ClH/c1-2-22-15-3-5-16(6-4-15)23-13-17(21)20-11-8-18(9-12-20)7-10-19-14-18;/h3-6,19H,2,7-14H2,1H3;1H. The Morgan fingerprint density at radius 1 is 1.25 bits per heavy atom. The SMILES string of the molecule is CCOc1ccc(SCC(=O)N2CCC3(CCNC3)CC2)cc1.Cl. The summed E-state index contributed by atoms with van der Waals surface area (Å²) >= 11 is 1.61. The number of carbonyl (C=O) groups is 1. The molecule has 0 saturated carbocycles. The molecule has 3 rings (SSSR count). The fourth-order valence-electron chi connectivity index (χ4n) is 3.49. The van der Waals surface area contributed by atoms with Gasteiger partial charge in [0.15, 0.2) is 0 Å². The maximum Gasteiger partial charge on any atom is 0.232 e. The minimum Gasteiger partial charge on any atom is -0.494 e. The third-order valence-corrected chi connectivity index (χ3v) is 6.00. The molecule has 0 aliphatic carbocycles. The van der Waals surface area contributed by atoms with Crippen LogP contribution < -0.4 is 10.1 Å². The molecule has 2 fully saturated rings. The number of thioether (sulfide) groups is 1. The Bertz CT molecular complexity index is 522. The Hall–Kier alpha value is -0.910. The summed E-state index contributed by atoms with van der Waals surface area (Å²) in [5.74, 6) is 1.68. The van der Waals surface area contributed by atoms with Crippen LogP contribution >= 0.6 is 24.2 Å². The van der Waals surface area contributed by atoms with Crippen molar-refractivity contribution in [2.45, 2.75) is 31.1 Å². The highest BCUT2D eigenvalue weighted by Gasteiger charge is 2.37. The summed E-state index contributed by atoms with van der Waals surface area (Å²) in [4.78, 5) is 15.6. The quantitative estimate of drug-likeness (QED) is 0.808. The molecule has 2 heterocycles. The average Bonchev–Trinajstić information content (AvgIpc) is 3.03. The van der Waals surface area contributed by atoms with Crippen LogP contribution in [-0.2, 0) is 4.79 Å². The molecular weight excluding hydrogens is 344 g/mol. The van der Waals surface area contributed by atoms with E-state index in [1.165, 1.54) is 6.42 Å². The van der Waals surface area contributed by atoms with E-state index in [9.17, 15) is 4.79 Å². The number of benzene rings is 1. The number of halogens is 1. The van der Waals surface area contributed by atoms with Gasteiger partial charge in [0.05, 0.1) is 12.4 Å². The van der Waals surface area contributed by atoms with Gasteiger partial charge in [-0.3, -0.25) is 4.79 Å². The minimum atomic E-state index is 0. The summed E-state index contributed by atoms with van der Waals surface area (Å²) in [7, 11) is 0. The van der Waals surface area contributed by atoms with Gasteiger partial charge in [-0.15, -0.1) is 24.2 Å². The molecular formula is C18H27ClN2O2S. The van der Waals surface area contributed by atoms with Gasteiger partial charge in [0.1, 0.15) is 5.75 Å². The van der Waals surface area contributed by atoms with Crippen molar-refractivity contribution in [3.8, 4) is 5.75 Å². The smallest absolute Gasteiger partial charge is 0.232 e. The van der Waals surface area contributed by atoms with Crippen molar-refractivity contribution in [1.29, 1.82) is 0 Å². The predicted molar refractivity (Wildman–Crippen MR) is 101 cm³/mol. The first kappa shape index (κ1) is 19.4. The summed E-state index contributed by atoms with van der Waals surface area (Å²) in [6, 6.07) is 7.98. The zero-order chi connectivity index (χ0) is 16.1. The fraction of sp³-hybridized carbons (Fsp3) is 0.611. The van der Waals surface area contributed by atoms with Crippen LogP contribution in [-0.4, -0.2) is 49.3 Å². The highest BCUT2D eigenvalue weighted by Crippen LogP contribution is 2.37. The van der Waals surface area contributed by atoms with E-state index in [1.54, 1.807) is 11.8 Å². The van der Waals surface area contributed by atoms with Crippen LogP contribution in [0.5, 0.6) is 5.75 Å². The van der Waals surface area contributed by atoms with E-state index in [4.69, 9.17) is 4.74 Å². The molecule has 134 valence electrons. The van der Waals surface area contributed by atoms with Gasteiger partial charge in [-0.05, 0) is 62.4 Å². The Kier molecular flexibility index (Phi) is 7.26. The van der Waals surface area contributed by atoms with E-state index in [0.717, 1.165) is 49.7 Å². The summed E-state index contributed by atoms with van der Waals surface area (Å²) in [6.45, 7) is 6.77. The van der Waals surface area contributed by atoms with Crippen LogP contribution in [0, 0.1) is 5.41 Å². The van der Waals surface area contributed by atoms with E-state index < -0.39 is 0 Å². The van der Waals surface area contributed by atoms with Crippen molar-refractivity contribution in [2.24, 2.45) is 5.41 Å². The molecule has 0 radical (unpaired) electrons. The van der Waals surface area contributed by atoms with Crippen molar-refractivity contribution in [3.05, 3.63) is 24.3 Å². The number of amides is 1. The predicted octanol–water partition coefficient (Wildman–Crippen LogP) is 3.20. The van der Waals surface area contributed by atoms with Crippen LogP contribution in [0.3, 0.4) is 0 Å². The zero-order valence-electron chi connectivity index (χ0n) is 14.3. The van der Waals surface area contributed by atoms with Crippen LogP contribution in [0.2, 0.25) is 0 Å². The number of rotatable bonds is 5. The topological polar surface area (TPSA) is 41.6 Å². The molecule has 1 spiro atoms. The molecule has 1 aromatic rings. The molecule has 0 bridgehead atoms. The Morgan fingerprint density at radius 2 is 1.96 bits per heavy atom.